The summed E-state index contributed by atoms with van der Waals surface area (Å²) in [4.78, 5) is 26.7. The van der Waals surface area contributed by atoms with E-state index in [1.54, 1.807) is 51.1 Å². The number of allylic oxidation sites excluding steroid dienone is 4. The molecule has 0 spiro atoms. The highest BCUT2D eigenvalue weighted by Gasteiger charge is 2.54. The molecule has 2 aliphatic rings. The molecule has 3 rings (SSSR count). The molecule has 1 aromatic carbocycles. The van der Waals surface area contributed by atoms with E-state index in [0.717, 1.165) is 13.3 Å². The summed E-state index contributed by atoms with van der Waals surface area (Å²) in [6.45, 7) is 8.52. The van der Waals surface area contributed by atoms with Gasteiger partial charge in [0.15, 0.2) is 0 Å². The van der Waals surface area contributed by atoms with Crippen LogP contribution in [0.25, 0.3) is 0 Å². The minimum atomic E-state index is -4.59. The Morgan fingerprint density at radius 3 is 2.33 bits per heavy atom. The molecular weight excluding hydrogens is 554 g/mol. The Balaban J connectivity index is 1.94. The molecule has 39 heavy (non-hydrogen) atoms. The summed E-state index contributed by atoms with van der Waals surface area (Å²) in [6, 6.07) is 4.83. The first-order valence-corrected chi connectivity index (χ1v) is 13.9. The number of halogens is 5. The Bertz CT molecular complexity index is 1120. The second-order valence-electron chi connectivity index (χ2n) is 11.3. The van der Waals surface area contributed by atoms with E-state index < -0.39 is 47.0 Å². The number of carbonyl (C=O) groups is 2. The van der Waals surface area contributed by atoms with Crippen LogP contribution in [0.4, 0.5) is 18.9 Å². The van der Waals surface area contributed by atoms with E-state index in [1.807, 2.05) is 6.92 Å². The third-order valence-electron chi connectivity index (χ3n) is 7.34. The van der Waals surface area contributed by atoms with Crippen molar-refractivity contribution in [2.45, 2.75) is 78.2 Å². The maximum atomic E-state index is 13.8. The van der Waals surface area contributed by atoms with Crippen LogP contribution in [-0.4, -0.2) is 30.3 Å². The van der Waals surface area contributed by atoms with Crippen molar-refractivity contribution in [3.63, 3.8) is 0 Å². The zero-order valence-electron chi connectivity index (χ0n) is 22.8. The first-order chi connectivity index (χ1) is 18.1. The third kappa shape index (κ3) is 7.39. The Hall–Kier alpha value is -2.03. The maximum Gasteiger partial charge on any atom is 0.392 e. The van der Waals surface area contributed by atoms with Crippen LogP contribution in [0.15, 0.2) is 41.5 Å². The Morgan fingerprint density at radius 1 is 1.18 bits per heavy atom. The lowest BCUT2D eigenvalue weighted by molar-refractivity contribution is -0.189. The lowest BCUT2D eigenvalue weighted by atomic mass is 9.63. The van der Waals surface area contributed by atoms with Gasteiger partial charge in [-0.25, -0.2) is 0 Å². The number of carbonyl (C=O) groups excluding carboxylic acids is 2. The molecule has 0 aliphatic heterocycles. The van der Waals surface area contributed by atoms with E-state index in [-0.39, 0.29) is 23.1 Å². The van der Waals surface area contributed by atoms with Crippen molar-refractivity contribution in [3.8, 4) is 0 Å². The molecule has 4 atom stereocenters. The van der Waals surface area contributed by atoms with E-state index >= 15 is 0 Å². The van der Waals surface area contributed by atoms with Gasteiger partial charge in [-0.15, -0.1) is 0 Å². The summed E-state index contributed by atoms with van der Waals surface area (Å²) in [5.74, 6) is -5.20. The second kappa shape index (κ2) is 12.2. The first kappa shape index (κ1) is 31.5. The molecule has 0 radical (unpaired) electrons. The molecule has 0 aromatic heterocycles. The normalized spacial score (nSPS) is 21.3. The molecule has 5 nitrogen and oxygen atoms in total. The number of hydrogen-bond donors (Lipinski definition) is 1. The highest BCUT2D eigenvalue weighted by atomic mass is 35.5. The number of rotatable bonds is 9. The molecule has 0 heterocycles. The highest BCUT2D eigenvalue weighted by molar-refractivity contribution is 6.33. The molecule has 1 N–H and O–H groups in total. The number of amides is 1. The van der Waals surface area contributed by atoms with Gasteiger partial charge in [0.25, 0.3) is 0 Å². The number of alkyl halides is 3. The smallest absolute Gasteiger partial charge is 0.392 e. The molecule has 1 fully saturated rings. The summed E-state index contributed by atoms with van der Waals surface area (Å²) in [7, 11) is 0. The zero-order valence-corrected chi connectivity index (χ0v) is 24.3. The number of ether oxygens (including phenoxy) is 2. The van der Waals surface area contributed by atoms with Crippen molar-refractivity contribution in [2.24, 2.45) is 23.2 Å². The summed E-state index contributed by atoms with van der Waals surface area (Å²) < 4.78 is 53.2. The van der Waals surface area contributed by atoms with Crippen molar-refractivity contribution in [1.82, 2.24) is 0 Å². The lowest BCUT2D eigenvalue weighted by Gasteiger charge is -2.46. The number of nitrogens with one attached hydrogen (secondary N) is 1. The van der Waals surface area contributed by atoms with Gasteiger partial charge in [-0.1, -0.05) is 54.8 Å². The van der Waals surface area contributed by atoms with Crippen LogP contribution in [0, 0.1) is 23.2 Å². The van der Waals surface area contributed by atoms with Gasteiger partial charge < -0.3 is 14.8 Å². The van der Waals surface area contributed by atoms with Crippen LogP contribution in [0.3, 0.4) is 0 Å². The minimum Gasteiger partial charge on any atom is -0.459 e. The summed E-state index contributed by atoms with van der Waals surface area (Å²) >= 11 is 12.4. The van der Waals surface area contributed by atoms with Crippen LogP contribution in [0.5, 0.6) is 0 Å². The Kier molecular flexibility index (Phi) is 9.88. The van der Waals surface area contributed by atoms with Gasteiger partial charge in [-0.2, -0.15) is 13.2 Å². The monoisotopic (exact) mass is 589 g/mol. The first-order valence-electron chi connectivity index (χ1n) is 13.1. The van der Waals surface area contributed by atoms with Crippen LogP contribution < -0.4 is 5.32 Å². The van der Waals surface area contributed by atoms with E-state index in [2.05, 4.69) is 5.32 Å². The number of benzene rings is 1. The van der Waals surface area contributed by atoms with Crippen molar-refractivity contribution in [1.29, 1.82) is 0 Å². The number of esters is 1. The van der Waals surface area contributed by atoms with E-state index in [4.69, 9.17) is 32.7 Å². The van der Waals surface area contributed by atoms with Crippen LogP contribution in [-0.2, 0) is 19.1 Å². The van der Waals surface area contributed by atoms with Crippen molar-refractivity contribution < 1.29 is 32.2 Å². The van der Waals surface area contributed by atoms with Gasteiger partial charge in [-0.05, 0) is 76.6 Å². The van der Waals surface area contributed by atoms with Crippen molar-refractivity contribution in [3.05, 3.63) is 52.0 Å². The fraction of sp³-hybridized carbons (Fsp3) is 0.586. The molecule has 2 unspecified atom stereocenters. The van der Waals surface area contributed by atoms with Gasteiger partial charge in [0, 0.05) is 11.6 Å². The standard InChI is InChI=1S/C29H36Cl2F3NO4/c1-6-38-24(28(14-7-15-28)26(37)39-27(3,4)5)19-10-13-21(31)22(16-19)35-25(36)23(17(2)29(32,33)34)18-8-11-20(30)12-9-18/h8,10-13,16-18,23-24H,6-7,9,14-15H2,1-5H3,(H,35,36)/t17-,18?,23+,24?/m1/s1. The molecule has 1 aromatic rings. The molecule has 1 saturated carbocycles. The van der Waals surface area contributed by atoms with Gasteiger partial charge >= 0.3 is 12.1 Å². The van der Waals surface area contributed by atoms with Crippen LogP contribution >= 0.6 is 23.2 Å². The number of hydrogen-bond acceptors (Lipinski definition) is 4. The van der Waals surface area contributed by atoms with Crippen LogP contribution in [0.2, 0.25) is 5.02 Å². The van der Waals surface area contributed by atoms with Crippen molar-refractivity contribution in [2.75, 3.05) is 11.9 Å². The fourth-order valence-corrected chi connectivity index (χ4v) is 5.47. The number of anilines is 1. The van der Waals surface area contributed by atoms with Crippen molar-refractivity contribution >= 4 is 40.8 Å². The predicted octanol–water partition coefficient (Wildman–Crippen LogP) is 8.38. The van der Waals surface area contributed by atoms with Gasteiger partial charge in [0.1, 0.15) is 5.60 Å². The average molecular weight is 591 g/mol. The largest absolute Gasteiger partial charge is 0.459 e. The zero-order chi connectivity index (χ0) is 29.2. The predicted molar refractivity (Wildman–Crippen MR) is 146 cm³/mol. The molecular formula is C29H36Cl2F3NO4. The Labute approximate surface area is 238 Å². The third-order valence-corrected chi connectivity index (χ3v) is 7.95. The highest BCUT2D eigenvalue weighted by Crippen LogP contribution is 2.54. The lowest BCUT2D eigenvalue weighted by Crippen LogP contribution is -2.47. The topological polar surface area (TPSA) is 64.6 Å². The quantitative estimate of drug-likeness (QED) is 0.294. The van der Waals surface area contributed by atoms with E-state index in [0.29, 0.717) is 30.0 Å². The fourth-order valence-electron chi connectivity index (χ4n) is 5.14. The summed E-state index contributed by atoms with van der Waals surface area (Å²) in [5, 5.41) is 3.20. The van der Waals surface area contributed by atoms with Gasteiger partial charge in [-0.3, -0.25) is 9.59 Å². The Morgan fingerprint density at radius 2 is 1.85 bits per heavy atom. The van der Waals surface area contributed by atoms with E-state index in [1.165, 1.54) is 6.08 Å². The molecule has 216 valence electrons. The van der Waals surface area contributed by atoms with Gasteiger partial charge in [0.05, 0.1) is 34.1 Å². The SMILES string of the molecule is CCOC(c1ccc(Cl)c(NC(=O)[C@H](C2C=CC(Cl)=CC2)[C@@H](C)C(F)(F)F)c1)C1(C(=O)OC(C)(C)C)CCC1. The molecule has 1 amide bonds. The molecule has 10 heteroatoms. The molecule has 2 aliphatic carbocycles. The second-order valence-corrected chi connectivity index (χ2v) is 12.1. The van der Waals surface area contributed by atoms with E-state index in [9.17, 15) is 22.8 Å². The summed E-state index contributed by atoms with van der Waals surface area (Å²) in [6.07, 6.45) is 1.53. The van der Waals surface area contributed by atoms with Crippen LogP contribution in [0.1, 0.15) is 72.0 Å². The molecule has 0 saturated heterocycles. The maximum absolute atomic E-state index is 13.8. The average Bonchev–Trinajstić information content (AvgIpc) is 2.79. The summed E-state index contributed by atoms with van der Waals surface area (Å²) in [5.41, 5.74) is -0.873. The molecule has 0 bridgehead atoms. The van der Waals surface area contributed by atoms with Gasteiger partial charge in [0.2, 0.25) is 5.91 Å². The minimum absolute atomic E-state index is 0.148.